The van der Waals surface area contributed by atoms with Gasteiger partial charge in [-0.2, -0.15) is 0 Å². The molecule has 0 saturated carbocycles. The summed E-state index contributed by atoms with van der Waals surface area (Å²) in [4.78, 5) is 18.3. The molecule has 4 nitrogen and oxygen atoms in total. The number of ether oxygens (including phenoxy) is 1. The second-order valence-electron chi connectivity index (χ2n) is 5.26. The molecular weight excluding hydrogens is 278 g/mol. The normalized spacial score (nSPS) is 23.5. The first-order chi connectivity index (χ1) is 10.7. The fourth-order valence-electron chi connectivity index (χ4n) is 2.99. The molecule has 22 heavy (non-hydrogen) atoms. The molecule has 2 atom stereocenters. The van der Waals surface area contributed by atoms with Crippen molar-refractivity contribution in [2.24, 2.45) is 5.16 Å². The van der Waals surface area contributed by atoms with Gasteiger partial charge in [-0.25, -0.2) is 4.79 Å². The predicted octanol–water partition coefficient (Wildman–Crippen LogP) is 3.24. The molecule has 0 saturated heterocycles. The molecule has 0 fully saturated rings. The first-order valence-electron chi connectivity index (χ1n) is 7.11. The number of hydrogen-bond acceptors (Lipinski definition) is 4. The summed E-state index contributed by atoms with van der Waals surface area (Å²) in [5.41, 5.74) is 1.17. The largest absolute Gasteiger partial charge is 0.466 e. The highest BCUT2D eigenvalue weighted by molar-refractivity contribution is 5.99. The van der Waals surface area contributed by atoms with Crippen molar-refractivity contribution >= 4 is 11.7 Å². The van der Waals surface area contributed by atoms with Crippen LogP contribution in [0, 0.1) is 0 Å². The van der Waals surface area contributed by atoms with Gasteiger partial charge in [0.25, 0.3) is 5.60 Å². The van der Waals surface area contributed by atoms with Crippen LogP contribution < -0.4 is 0 Å². The van der Waals surface area contributed by atoms with E-state index in [4.69, 9.17) is 9.57 Å². The van der Waals surface area contributed by atoms with Gasteiger partial charge < -0.3 is 9.57 Å². The Bertz CT molecular complexity index is 697. The molecule has 1 aliphatic heterocycles. The summed E-state index contributed by atoms with van der Waals surface area (Å²) in [6, 6.07) is 19.1. The number of methoxy groups -OCH3 is 1. The highest BCUT2D eigenvalue weighted by atomic mass is 16.7. The molecule has 0 spiro atoms. The topological polar surface area (TPSA) is 47.9 Å². The minimum Gasteiger partial charge on any atom is -0.466 e. The Morgan fingerprint density at radius 2 is 1.68 bits per heavy atom. The third-order valence-electron chi connectivity index (χ3n) is 3.98. The number of esters is 1. The first-order valence-corrected chi connectivity index (χ1v) is 7.11. The molecule has 2 unspecified atom stereocenters. The number of oxime groups is 1. The van der Waals surface area contributed by atoms with E-state index < -0.39 is 11.6 Å². The lowest BCUT2D eigenvalue weighted by Crippen LogP contribution is -2.43. The molecule has 0 aromatic heterocycles. The van der Waals surface area contributed by atoms with Crippen molar-refractivity contribution in [2.75, 3.05) is 7.11 Å². The third kappa shape index (κ3) is 2.08. The molecular formula is C18H17NO3. The molecule has 1 heterocycles. The van der Waals surface area contributed by atoms with Crippen molar-refractivity contribution < 1.29 is 14.4 Å². The van der Waals surface area contributed by atoms with Gasteiger partial charge in [0, 0.05) is 5.56 Å². The Hall–Kier alpha value is -2.62. The maximum Gasteiger partial charge on any atom is 0.359 e. The van der Waals surface area contributed by atoms with Gasteiger partial charge in [-0.3, -0.25) is 0 Å². The summed E-state index contributed by atoms with van der Waals surface area (Å²) in [6.45, 7) is 1.87. The van der Waals surface area contributed by atoms with Crippen molar-refractivity contribution in [3.63, 3.8) is 0 Å². The van der Waals surface area contributed by atoms with Crippen LogP contribution in [-0.2, 0) is 20.0 Å². The van der Waals surface area contributed by atoms with Gasteiger partial charge in [-0.05, 0) is 12.5 Å². The summed E-state index contributed by atoms with van der Waals surface area (Å²) in [5.74, 6) is -0.767. The molecule has 0 bridgehead atoms. The predicted molar refractivity (Wildman–Crippen MR) is 83.5 cm³/mol. The van der Waals surface area contributed by atoms with Crippen LogP contribution >= 0.6 is 0 Å². The van der Waals surface area contributed by atoms with Crippen molar-refractivity contribution in [1.82, 2.24) is 0 Å². The standard InChI is InChI=1S/C18H17NO3/c1-13-16(14-9-5-3-6-10-14)18(22-19-13,17(20)21-2)15-11-7-4-8-12-15/h3-12,16H,1-2H3. The summed E-state index contributed by atoms with van der Waals surface area (Å²) in [5, 5.41) is 4.11. The second-order valence-corrected chi connectivity index (χ2v) is 5.26. The van der Waals surface area contributed by atoms with Crippen LogP contribution in [0.1, 0.15) is 24.0 Å². The molecule has 4 heteroatoms. The van der Waals surface area contributed by atoms with E-state index in [9.17, 15) is 4.79 Å². The monoisotopic (exact) mass is 295 g/mol. The van der Waals surface area contributed by atoms with Crippen LogP contribution in [0.25, 0.3) is 0 Å². The summed E-state index contributed by atoms with van der Waals surface area (Å²) >= 11 is 0. The fourth-order valence-corrected chi connectivity index (χ4v) is 2.99. The quantitative estimate of drug-likeness (QED) is 0.817. The van der Waals surface area contributed by atoms with Gasteiger partial charge in [-0.1, -0.05) is 65.8 Å². The Kier molecular flexibility index (Phi) is 3.67. The van der Waals surface area contributed by atoms with Crippen LogP contribution in [0.15, 0.2) is 65.8 Å². The maximum atomic E-state index is 12.6. The lowest BCUT2D eigenvalue weighted by Gasteiger charge is -2.30. The zero-order valence-electron chi connectivity index (χ0n) is 12.5. The highest BCUT2D eigenvalue weighted by Crippen LogP contribution is 2.46. The van der Waals surface area contributed by atoms with Gasteiger partial charge in [-0.15, -0.1) is 0 Å². The van der Waals surface area contributed by atoms with E-state index in [0.29, 0.717) is 0 Å². The van der Waals surface area contributed by atoms with Gasteiger partial charge >= 0.3 is 5.97 Å². The number of rotatable bonds is 3. The Balaban J connectivity index is 2.20. The molecule has 0 radical (unpaired) electrons. The Labute approximate surface area is 129 Å². The van der Waals surface area contributed by atoms with Crippen molar-refractivity contribution in [3.8, 4) is 0 Å². The molecule has 112 valence electrons. The van der Waals surface area contributed by atoms with E-state index >= 15 is 0 Å². The zero-order valence-corrected chi connectivity index (χ0v) is 12.5. The van der Waals surface area contributed by atoms with Crippen LogP contribution in [0.2, 0.25) is 0 Å². The molecule has 2 aromatic carbocycles. The molecule has 2 aromatic rings. The molecule has 0 aliphatic carbocycles. The van der Waals surface area contributed by atoms with Gasteiger partial charge in [0.05, 0.1) is 18.7 Å². The second kappa shape index (κ2) is 5.64. The number of benzene rings is 2. The third-order valence-corrected chi connectivity index (χ3v) is 3.98. The number of carbonyl (C=O) groups is 1. The van der Waals surface area contributed by atoms with Crippen molar-refractivity contribution in [3.05, 3.63) is 71.8 Å². The van der Waals surface area contributed by atoms with E-state index in [2.05, 4.69) is 5.16 Å². The summed E-state index contributed by atoms with van der Waals surface area (Å²) < 4.78 is 5.05. The van der Waals surface area contributed by atoms with Crippen molar-refractivity contribution in [1.29, 1.82) is 0 Å². The minimum absolute atomic E-state index is 0.316. The first kappa shape index (κ1) is 14.3. The number of hydrogen-bond donors (Lipinski definition) is 0. The molecule has 0 N–H and O–H groups in total. The number of carbonyl (C=O) groups excluding carboxylic acids is 1. The van der Waals surface area contributed by atoms with Crippen LogP contribution in [0.3, 0.4) is 0 Å². The Morgan fingerprint density at radius 1 is 1.09 bits per heavy atom. The van der Waals surface area contributed by atoms with E-state index in [1.54, 1.807) is 0 Å². The maximum absolute atomic E-state index is 12.6. The smallest absolute Gasteiger partial charge is 0.359 e. The van der Waals surface area contributed by atoms with Crippen molar-refractivity contribution in [2.45, 2.75) is 18.4 Å². The molecule has 1 aliphatic rings. The summed E-state index contributed by atoms with van der Waals surface area (Å²) in [7, 11) is 1.37. The lowest BCUT2D eigenvalue weighted by molar-refractivity contribution is -0.169. The average molecular weight is 295 g/mol. The Morgan fingerprint density at radius 3 is 2.27 bits per heavy atom. The van der Waals surface area contributed by atoms with E-state index in [0.717, 1.165) is 16.8 Å². The van der Waals surface area contributed by atoms with Gasteiger partial charge in [0.15, 0.2) is 0 Å². The van der Waals surface area contributed by atoms with Gasteiger partial charge in [0.2, 0.25) is 0 Å². The van der Waals surface area contributed by atoms with Crippen LogP contribution in [0.4, 0.5) is 0 Å². The van der Waals surface area contributed by atoms with Crippen LogP contribution in [0.5, 0.6) is 0 Å². The van der Waals surface area contributed by atoms with Gasteiger partial charge in [0.1, 0.15) is 0 Å². The summed E-state index contributed by atoms with van der Waals surface area (Å²) in [6.07, 6.45) is 0. The van der Waals surface area contributed by atoms with Crippen LogP contribution in [-0.4, -0.2) is 18.8 Å². The highest BCUT2D eigenvalue weighted by Gasteiger charge is 2.57. The molecule has 3 rings (SSSR count). The fraction of sp³-hybridized carbons (Fsp3) is 0.222. The zero-order chi connectivity index (χ0) is 15.6. The average Bonchev–Trinajstić information content (AvgIpc) is 2.94. The minimum atomic E-state index is -1.28. The molecule has 0 amide bonds. The number of nitrogens with zero attached hydrogens (tertiary/aromatic N) is 1. The lowest BCUT2D eigenvalue weighted by atomic mass is 9.75. The van der Waals surface area contributed by atoms with E-state index in [1.165, 1.54) is 7.11 Å². The van der Waals surface area contributed by atoms with E-state index in [1.807, 2.05) is 67.6 Å². The SMILES string of the molecule is COC(=O)C1(c2ccccc2)ON=C(C)C1c1ccccc1. The van der Waals surface area contributed by atoms with E-state index in [-0.39, 0.29) is 5.92 Å².